The molecule has 0 fully saturated rings. The molecule has 0 aromatic carbocycles. The van der Waals surface area contributed by atoms with Crippen LogP contribution in [0.5, 0.6) is 0 Å². The van der Waals surface area contributed by atoms with Crippen molar-refractivity contribution in [2.45, 2.75) is 257 Å². The maximum absolute atomic E-state index is 12.5. The number of amides is 1. The molecule has 0 spiro atoms. The number of unbranched alkanes of at least 4 members (excludes halogenated alkanes) is 28. The van der Waals surface area contributed by atoms with Crippen molar-refractivity contribution in [1.82, 2.24) is 5.32 Å². The molecular weight excluding hydrogens is 703 g/mol. The molecule has 0 heterocycles. The highest BCUT2D eigenvalue weighted by atomic mass is 16.3. The number of hydrogen-bond donors (Lipinski definition) is 4. The Morgan fingerprint density at radius 3 is 1.23 bits per heavy atom. The Bertz CT molecular complexity index is 969. The van der Waals surface area contributed by atoms with E-state index in [1.807, 2.05) is 6.08 Å². The van der Waals surface area contributed by atoms with Crippen molar-refractivity contribution in [2.24, 2.45) is 0 Å². The van der Waals surface area contributed by atoms with E-state index in [0.29, 0.717) is 6.42 Å². The first-order chi connectivity index (χ1) is 28.1. The summed E-state index contributed by atoms with van der Waals surface area (Å²) < 4.78 is 0. The summed E-state index contributed by atoms with van der Waals surface area (Å²) in [7, 11) is 0. The SMILES string of the molecule is CCC/C=C/CC/C=C/CC/C=C/C(O)C(CO)NC(=O)C(O)CCCCCCCCCCCCCCCCCC/C=C\C/C=C\CCCCCCCCCCC. The Hall–Kier alpha value is -1.95. The van der Waals surface area contributed by atoms with Crippen molar-refractivity contribution in [3.8, 4) is 0 Å². The van der Waals surface area contributed by atoms with Crippen molar-refractivity contribution >= 4 is 5.91 Å². The van der Waals surface area contributed by atoms with Crippen LogP contribution in [0, 0.1) is 0 Å². The molecule has 0 aliphatic carbocycles. The molecule has 0 saturated heterocycles. The molecule has 3 atom stereocenters. The average Bonchev–Trinajstić information content (AvgIpc) is 3.22. The maximum Gasteiger partial charge on any atom is 0.249 e. The molecule has 0 aliphatic rings. The normalized spacial score (nSPS) is 14.0. The predicted molar refractivity (Wildman–Crippen MR) is 250 cm³/mol. The van der Waals surface area contributed by atoms with E-state index < -0.39 is 24.2 Å². The van der Waals surface area contributed by atoms with Gasteiger partial charge < -0.3 is 20.6 Å². The van der Waals surface area contributed by atoms with Gasteiger partial charge in [0, 0.05) is 0 Å². The van der Waals surface area contributed by atoms with Gasteiger partial charge in [0.15, 0.2) is 0 Å². The van der Waals surface area contributed by atoms with E-state index in [2.05, 4.69) is 67.8 Å². The van der Waals surface area contributed by atoms with Crippen molar-refractivity contribution in [2.75, 3.05) is 6.61 Å². The van der Waals surface area contributed by atoms with Gasteiger partial charge in [-0.2, -0.15) is 0 Å². The topological polar surface area (TPSA) is 89.8 Å². The number of aliphatic hydroxyl groups excluding tert-OH is 3. The molecule has 0 aromatic heterocycles. The largest absolute Gasteiger partial charge is 0.394 e. The lowest BCUT2D eigenvalue weighted by Gasteiger charge is -2.21. The van der Waals surface area contributed by atoms with Gasteiger partial charge in [0.2, 0.25) is 5.91 Å². The van der Waals surface area contributed by atoms with E-state index >= 15 is 0 Å². The van der Waals surface area contributed by atoms with Crippen LogP contribution in [0.2, 0.25) is 0 Å². The van der Waals surface area contributed by atoms with Crippen molar-refractivity contribution in [3.63, 3.8) is 0 Å². The van der Waals surface area contributed by atoms with Crippen LogP contribution >= 0.6 is 0 Å². The summed E-state index contributed by atoms with van der Waals surface area (Å²) in [5.41, 5.74) is 0. The van der Waals surface area contributed by atoms with Crippen LogP contribution in [-0.2, 0) is 4.79 Å². The minimum atomic E-state index is -1.11. The summed E-state index contributed by atoms with van der Waals surface area (Å²) in [6, 6.07) is -0.821. The predicted octanol–water partition coefficient (Wildman–Crippen LogP) is 14.7. The number of carbonyl (C=O) groups excluding carboxylic acids is 1. The number of hydrogen-bond acceptors (Lipinski definition) is 4. The zero-order chi connectivity index (χ0) is 41.5. The zero-order valence-corrected chi connectivity index (χ0v) is 37.7. The molecule has 0 aromatic rings. The Kier molecular flexibility index (Phi) is 45.1. The molecule has 0 bridgehead atoms. The van der Waals surface area contributed by atoms with Crippen molar-refractivity contribution < 1.29 is 20.1 Å². The van der Waals surface area contributed by atoms with Gasteiger partial charge in [-0.3, -0.25) is 4.79 Å². The van der Waals surface area contributed by atoms with E-state index in [4.69, 9.17) is 0 Å². The maximum atomic E-state index is 12.5. The highest BCUT2D eigenvalue weighted by Gasteiger charge is 2.22. The molecule has 332 valence electrons. The lowest BCUT2D eigenvalue weighted by molar-refractivity contribution is -0.131. The standard InChI is InChI=1S/C52H95NO4/c1-3-5-7-9-11-13-15-16-17-18-19-20-21-22-23-24-25-26-27-28-29-30-31-32-33-34-35-37-39-41-43-45-47-51(56)52(57)53-49(48-54)50(55)46-44-42-40-38-36-14-12-10-8-6-4-2/h8,10,19-20,22-23,36,38,44,46,49-51,54-56H,3-7,9,11-18,21,24-35,37,39-43,45,47-48H2,1-2H3,(H,53,57)/b10-8+,20-19-,23-22-,38-36+,46-44+. The average molecular weight is 798 g/mol. The quantitative estimate of drug-likeness (QED) is 0.0365. The van der Waals surface area contributed by atoms with Crippen LogP contribution in [0.1, 0.15) is 239 Å². The van der Waals surface area contributed by atoms with E-state index in [1.54, 1.807) is 6.08 Å². The lowest BCUT2D eigenvalue weighted by Crippen LogP contribution is -2.48. The molecule has 0 saturated carbocycles. The molecule has 0 rings (SSSR count). The molecule has 0 radical (unpaired) electrons. The fourth-order valence-corrected chi connectivity index (χ4v) is 7.20. The lowest BCUT2D eigenvalue weighted by atomic mass is 10.0. The highest BCUT2D eigenvalue weighted by Crippen LogP contribution is 2.16. The molecule has 4 N–H and O–H groups in total. The smallest absolute Gasteiger partial charge is 0.249 e. The Balaban J connectivity index is 3.55. The monoisotopic (exact) mass is 798 g/mol. The van der Waals surface area contributed by atoms with Crippen molar-refractivity contribution in [1.29, 1.82) is 0 Å². The first kappa shape index (κ1) is 55.0. The number of allylic oxidation sites excluding steroid dienone is 9. The summed E-state index contributed by atoms with van der Waals surface area (Å²) >= 11 is 0. The van der Waals surface area contributed by atoms with Crippen LogP contribution in [-0.4, -0.2) is 46.1 Å². The van der Waals surface area contributed by atoms with Gasteiger partial charge in [-0.05, 0) is 70.6 Å². The van der Waals surface area contributed by atoms with Gasteiger partial charge in [0.25, 0.3) is 0 Å². The fourth-order valence-electron chi connectivity index (χ4n) is 7.20. The zero-order valence-electron chi connectivity index (χ0n) is 37.7. The first-order valence-electron chi connectivity index (χ1n) is 24.6. The van der Waals surface area contributed by atoms with Crippen molar-refractivity contribution in [3.05, 3.63) is 60.8 Å². The van der Waals surface area contributed by atoms with Crippen LogP contribution in [0.25, 0.3) is 0 Å². The van der Waals surface area contributed by atoms with Crippen LogP contribution in [0.15, 0.2) is 60.8 Å². The van der Waals surface area contributed by atoms with Gasteiger partial charge in [0.05, 0.1) is 18.8 Å². The summed E-state index contributed by atoms with van der Waals surface area (Å²) in [6.45, 7) is 4.09. The molecule has 1 amide bonds. The van der Waals surface area contributed by atoms with E-state index in [-0.39, 0.29) is 6.61 Å². The van der Waals surface area contributed by atoms with Gasteiger partial charge in [-0.15, -0.1) is 0 Å². The second-order valence-corrected chi connectivity index (χ2v) is 16.6. The Labute approximate surface area is 354 Å². The number of nitrogens with one attached hydrogen (secondary N) is 1. The van der Waals surface area contributed by atoms with Crippen LogP contribution < -0.4 is 5.32 Å². The molecule has 3 unspecified atom stereocenters. The summed E-state index contributed by atoms with van der Waals surface area (Å²) in [5, 5.41) is 33.0. The first-order valence-corrected chi connectivity index (χ1v) is 24.6. The number of aliphatic hydroxyl groups is 3. The summed E-state index contributed by atoms with van der Waals surface area (Å²) in [5.74, 6) is -0.519. The molecular formula is C52H95NO4. The van der Waals surface area contributed by atoms with Gasteiger partial charge >= 0.3 is 0 Å². The third-order valence-corrected chi connectivity index (χ3v) is 11.0. The highest BCUT2D eigenvalue weighted by molar-refractivity contribution is 5.80. The minimum absolute atomic E-state index is 0.383. The third-order valence-electron chi connectivity index (χ3n) is 11.0. The fraction of sp³-hybridized carbons (Fsp3) is 0.788. The van der Waals surface area contributed by atoms with E-state index in [1.165, 1.54) is 161 Å². The summed E-state index contributed by atoms with van der Waals surface area (Å²) in [6.07, 6.45) is 62.9. The molecule has 57 heavy (non-hydrogen) atoms. The second kappa shape index (κ2) is 46.7. The minimum Gasteiger partial charge on any atom is -0.394 e. The van der Waals surface area contributed by atoms with Gasteiger partial charge in [0.1, 0.15) is 6.10 Å². The second-order valence-electron chi connectivity index (χ2n) is 16.6. The van der Waals surface area contributed by atoms with E-state index in [0.717, 1.165) is 57.8 Å². The molecule has 0 aliphatic heterocycles. The van der Waals surface area contributed by atoms with E-state index in [9.17, 15) is 20.1 Å². The number of carbonyl (C=O) groups is 1. The van der Waals surface area contributed by atoms with Gasteiger partial charge in [-0.1, -0.05) is 229 Å². The molecule has 5 heteroatoms. The van der Waals surface area contributed by atoms with Crippen LogP contribution in [0.4, 0.5) is 0 Å². The van der Waals surface area contributed by atoms with Gasteiger partial charge in [-0.25, -0.2) is 0 Å². The molecule has 5 nitrogen and oxygen atoms in total. The number of rotatable bonds is 44. The summed E-state index contributed by atoms with van der Waals surface area (Å²) in [4.78, 5) is 12.5. The Morgan fingerprint density at radius 2 is 0.807 bits per heavy atom. The Morgan fingerprint density at radius 1 is 0.439 bits per heavy atom. The van der Waals surface area contributed by atoms with Crippen LogP contribution in [0.3, 0.4) is 0 Å². The third kappa shape index (κ3) is 42.0.